The standard InChI is InChI=1S/C27H34FNO7.C5H7NO3.C5H9NO2.CH4.H2O/c1-5-22(33)29-13-23(34)36-14-21(32)27(35)15(2)10-19-18-7-6-16-11-17(30)8-9-24(16,3)26(18,28)20(31)12-25(19,27)4;1-2-4(7)6-3-5(8)9;1-2-5(8)6-3-4-7;;/h5,8-9,11,15,18-20,31,35H,1,6-7,10,12-14H2,2-4H3,(H,29,33);2H,1,3H2,(H,6,7)(H,8,9);2,7H,1,3-4H2,(H,6,8);1H4;1H2/t15-,18+,19+,20+,24+,25+,26+,27+;;;;/m1..../s1. The van der Waals surface area contributed by atoms with E-state index in [0.29, 0.717) is 31.4 Å². The summed E-state index contributed by atoms with van der Waals surface area (Å²) in [5.74, 6) is -5.75. The van der Waals surface area contributed by atoms with E-state index >= 15 is 4.39 Å². The molecule has 4 aliphatic carbocycles. The van der Waals surface area contributed by atoms with Gasteiger partial charge in [0.1, 0.15) is 18.7 Å². The third-order valence-corrected chi connectivity index (χ3v) is 10.8. The Balaban J connectivity index is 0.00000128. The molecule has 9 N–H and O–H groups in total. The molecule has 8 atom stereocenters. The Morgan fingerprint density at radius 3 is 2.05 bits per heavy atom. The van der Waals surface area contributed by atoms with E-state index in [2.05, 4.69) is 35.7 Å². The zero-order chi connectivity index (χ0) is 40.4. The summed E-state index contributed by atoms with van der Waals surface area (Å²) in [6, 6.07) is 0. The summed E-state index contributed by atoms with van der Waals surface area (Å²) in [6.07, 6.45) is 7.11. The average Bonchev–Trinajstić information content (AvgIpc) is 3.33. The lowest BCUT2D eigenvalue weighted by atomic mass is 9.44. The number of alkyl halides is 1. The number of aliphatic hydroxyl groups excluding tert-OH is 2. The molecule has 0 aliphatic heterocycles. The number of hydrogen-bond donors (Lipinski definition) is 7. The third-order valence-electron chi connectivity index (χ3n) is 10.8. The first-order chi connectivity index (χ1) is 24.7. The molecule has 308 valence electrons. The van der Waals surface area contributed by atoms with E-state index in [4.69, 9.17) is 14.9 Å². The quantitative estimate of drug-likeness (QED) is 0.103. The predicted molar refractivity (Wildman–Crippen MR) is 199 cm³/mol. The van der Waals surface area contributed by atoms with Crippen LogP contribution in [0.1, 0.15) is 53.9 Å². The Morgan fingerprint density at radius 2 is 1.53 bits per heavy atom. The fourth-order valence-electron chi connectivity index (χ4n) is 8.17. The monoisotopic (exact) mass is 781 g/mol. The van der Waals surface area contributed by atoms with Gasteiger partial charge in [0, 0.05) is 23.3 Å². The molecule has 0 aromatic rings. The smallest absolute Gasteiger partial charge is 0.325 e. The van der Waals surface area contributed by atoms with E-state index in [9.17, 15) is 43.8 Å². The molecule has 3 fully saturated rings. The maximum atomic E-state index is 17.1. The molecule has 0 radical (unpaired) electrons. The molecule has 4 aliphatic rings. The first-order valence-corrected chi connectivity index (χ1v) is 17.0. The van der Waals surface area contributed by atoms with E-state index < -0.39 is 88.6 Å². The van der Waals surface area contributed by atoms with Gasteiger partial charge < -0.3 is 46.6 Å². The Bertz CT molecular complexity index is 1560. The molecule has 55 heavy (non-hydrogen) atoms. The van der Waals surface area contributed by atoms with Crippen molar-refractivity contribution in [3.8, 4) is 0 Å². The number of allylic oxidation sites excluding steroid dienone is 4. The minimum Gasteiger partial charge on any atom is -0.480 e. The van der Waals surface area contributed by atoms with Crippen molar-refractivity contribution in [1.29, 1.82) is 0 Å². The van der Waals surface area contributed by atoms with Gasteiger partial charge in [0.25, 0.3) is 0 Å². The highest BCUT2D eigenvalue weighted by atomic mass is 19.1. The van der Waals surface area contributed by atoms with Crippen LogP contribution in [0.4, 0.5) is 4.39 Å². The second kappa shape index (κ2) is 20.7. The zero-order valence-corrected chi connectivity index (χ0v) is 30.7. The second-order valence-electron chi connectivity index (χ2n) is 13.7. The largest absolute Gasteiger partial charge is 0.480 e. The molecule has 0 unspecified atom stereocenters. The molecule has 0 aromatic carbocycles. The highest BCUT2D eigenvalue weighted by Crippen LogP contribution is 2.70. The number of aliphatic hydroxyl groups is 3. The summed E-state index contributed by atoms with van der Waals surface area (Å²) in [7, 11) is 0. The zero-order valence-electron chi connectivity index (χ0n) is 30.7. The van der Waals surface area contributed by atoms with Crippen LogP contribution in [0, 0.1) is 28.6 Å². The van der Waals surface area contributed by atoms with Gasteiger partial charge in [0.15, 0.2) is 18.1 Å². The number of hydrogen-bond acceptors (Lipinski definition) is 11. The van der Waals surface area contributed by atoms with Crippen molar-refractivity contribution in [3.05, 3.63) is 61.8 Å². The topological polar surface area (TPSA) is 277 Å². The van der Waals surface area contributed by atoms with Crippen molar-refractivity contribution in [3.63, 3.8) is 0 Å². The third kappa shape index (κ3) is 10.5. The number of esters is 1. The van der Waals surface area contributed by atoms with Gasteiger partial charge in [-0.1, -0.05) is 52.7 Å². The number of amides is 3. The molecule has 17 heteroatoms. The number of ketones is 2. The summed E-state index contributed by atoms with van der Waals surface area (Å²) >= 11 is 0. The van der Waals surface area contributed by atoms with Crippen LogP contribution >= 0.6 is 0 Å². The van der Waals surface area contributed by atoms with Crippen LogP contribution in [0.15, 0.2) is 61.8 Å². The summed E-state index contributed by atoms with van der Waals surface area (Å²) in [6.45, 7) is 13.5. The number of halogens is 1. The fraction of sp³-hybridized carbons (Fsp3) is 0.553. The van der Waals surface area contributed by atoms with E-state index in [1.54, 1.807) is 26.8 Å². The van der Waals surface area contributed by atoms with Gasteiger partial charge in [-0.15, -0.1) is 0 Å². The molecular weight excluding hydrogens is 725 g/mol. The van der Waals surface area contributed by atoms with Crippen molar-refractivity contribution in [2.24, 2.45) is 28.6 Å². The second-order valence-corrected chi connectivity index (χ2v) is 13.7. The number of rotatable bonds is 12. The van der Waals surface area contributed by atoms with Crippen molar-refractivity contribution < 1.29 is 68.6 Å². The highest BCUT2D eigenvalue weighted by Gasteiger charge is 2.75. The van der Waals surface area contributed by atoms with Crippen molar-refractivity contribution in [2.75, 3.05) is 32.8 Å². The molecule has 4 rings (SSSR count). The number of carbonyl (C=O) groups is 7. The number of nitrogens with one attached hydrogen (secondary N) is 3. The van der Waals surface area contributed by atoms with Crippen molar-refractivity contribution in [2.45, 2.75) is 71.3 Å². The number of carbonyl (C=O) groups excluding carboxylic acids is 6. The van der Waals surface area contributed by atoms with Gasteiger partial charge in [-0.25, -0.2) is 4.39 Å². The van der Waals surface area contributed by atoms with Gasteiger partial charge in [-0.2, -0.15) is 0 Å². The number of ether oxygens (including phenoxy) is 1. The lowest BCUT2D eigenvalue weighted by Crippen LogP contribution is -2.69. The number of fused-ring (bicyclic) bond motifs is 5. The van der Waals surface area contributed by atoms with Crippen molar-refractivity contribution >= 4 is 41.2 Å². The average molecular weight is 782 g/mol. The minimum atomic E-state index is -2.07. The Labute approximate surface area is 320 Å². The molecule has 16 nitrogen and oxygen atoms in total. The van der Waals surface area contributed by atoms with E-state index in [1.165, 1.54) is 12.2 Å². The summed E-state index contributed by atoms with van der Waals surface area (Å²) in [5, 5.41) is 46.1. The van der Waals surface area contributed by atoms with Crippen LogP contribution in [-0.2, 0) is 38.3 Å². The van der Waals surface area contributed by atoms with Gasteiger partial charge >= 0.3 is 11.9 Å². The van der Waals surface area contributed by atoms with E-state index in [1.807, 2.05) is 0 Å². The van der Waals surface area contributed by atoms with Gasteiger partial charge in [0.05, 0.1) is 12.7 Å². The van der Waals surface area contributed by atoms with Gasteiger partial charge in [0.2, 0.25) is 23.5 Å². The van der Waals surface area contributed by atoms with Gasteiger partial charge in [-0.3, -0.25) is 33.6 Å². The Morgan fingerprint density at radius 1 is 0.982 bits per heavy atom. The number of carboxylic acids is 1. The molecule has 0 saturated heterocycles. The molecule has 0 bridgehead atoms. The minimum absolute atomic E-state index is 0. The van der Waals surface area contributed by atoms with Crippen LogP contribution in [0.5, 0.6) is 0 Å². The van der Waals surface area contributed by atoms with Crippen molar-refractivity contribution in [1.82, 2.24) is 16.0 Å². The molecule has 3 saturated carbocycles. The molecule has 0 spiro atoms. The van der Waals surface area contributed by atoms with E-state index in [0.717, 1.165) is 18.2 Å². The SMILES string of the molecule is C.C=CC(=O)NCC(=O)O.C=CC(=O)NCC(=O)OCC(=O)[C@@]1(O)[C@H](C)C[C@H]2[C@@H]3CCC4=CC(=O)C=C[C@]4(C)[C@@]3(F)[C@@H](O)C[C@@]21C.C=CC(=O)NCCO.O. The van der Waals surface area contributed by atoms with Crippen LogP contribution in [-0.4, -0.2) is 117 Å². The number of aliphatic carboxylic acids is 1. The summed E-state index contributed by atoms with van der Waals surface area (Å²) in [5.41, 5.74) is -5.67. The highest BCUT2D eigenvalue weighted by molar-refractivity contribution is 6.01. The first kappa shape index (κ1) is 50.2. The van der Waals surface area contributed by atoms with Gasteiger partial charge in [-0.05, 0) is 74.8 Å². The first-order valence-electron chi connectivity index (χ1n) is 17.0. The summed E-state index contributed by atoms with van der Waals surface area (Å²) < 4.78 is 22.2. The maximum absolute atomic E-state index is 17.1. The van der Waals surface area contributed by atoms with Crippen LogP contribution < -0.4 is 16.0 Å². The molecule has 3 amide bonds. The molecule has 0 heterocycles. The lowest BCUT2D eigenvalue weighted by Gasteiger charge is -2.62. The fourth-order valence-corrected chi connectivity index (χ4v) is 8.17. The number of Topliss-reactive ketones (excluding diaryl/α,β-unsaturated/α-hetero) is 1. The summed E-state index contributed by atoms with van der Waals surface area (Å²) in [4.78, 5) is 78.7. The van der Waals surface area contributed by atoms with Crippen LogP contribution in [0.3, 0.4) is 0 Å². The molecular formula is C38H56FN3O13. The Hall–Kier alpha value is -4.84. The van der Waals surface area contributed by atoms with E-state index in [-0.39, 0.29) is 44.2 Å². The van der Waals surface area contributed by atoms with Crippen LogP contribution in [0.25, 0.3) is 0 Å². The Kier molecular flexibility index (Phi) is 18.9. The lowest BCUT2D eigenvalue weighted by molar-refractivity contribution is -0.219. The maximum Gasteiger partial charge on any atom is 0.325 e. The number of carboxylic acid groups (broad SMARTS) is 1. The predicted octanol–water partition coefficient (Wildman–Crippen LogP) is 0.214. The molecule has 0 aromatic heterocycles. The van der Waals surface area contributed by atoms with Crippen LogP contribution in [0.2, 0.25) is 0 Å². The normalized spacial score (nSPS) is 30.6.